The molecule has 3 aromatic heterocycles. The van der Waals surface area contributed by atoms with Crippen molar-refractivity contribution < 1.29 is 9.26 Å². The normalized spacial score (nSPS) is 24.5. The summed E-state index contributed by atoms with van der Waals surface area (Å²) < 4.78 is 13.6. The van der Waals surface area contributed by atoms with Crippen molar-refractivity contribution >= 4 is 17.0 Å². The molecule has 4 heterocycles. The van der Waals surface area contributed by atoms with Gasteiger partial charge in [0.25, 0.3) is 0 Å². The Morgan fingerprint density at radius 3 is 2.55 bits per heavy atom. The van der Waals surface area contributed by atoms with Gasteiger partial charge in [-0.15, -0.1) is 0 Å². The van der Waals surface area contributed by atoms with E-state index in [9.17, 15) is 4.79 Å². The number of hydrogen-bond donors (Lipinski definition) is 2. The molecule has 3 atom stereocenters. The Hall–Kier alpha value is -3.53. The molecule has 3 aliphatic rings. The van der Waals surface area contributed by atoms with Gasteiger partial charge in [-0.1, -0.05) is 55.6 Å². The summed E-state index contributed by atoms with van der Waals surface area (Å²) >= 11 is 0. The van der Waals surface area contributed by atoms with Crippen molar-refractivity contribution in [1.82, 2.24) is 29.7 Å². The van der Waals surface area contributed by atoms with Crippen molar-refractivity contribution in [2.45, 2.75) is 90.5 Å². The number of aromatic amines is 1. The third-order valence-corrected chi connectivity index (χ3v) is 9.57. The lowest BCUT2D eigenvalue weighted by molar-refractivity contribution is 0.0826. The van der Waals surface area contributed by atoms with Crippen LogP contribution in [-0.4, -0.2) is 35.7 Å². The SMILES string of the molecule is CC1CCC(C(C)n2c(C3OCc4ccccc43)nc3nc(-c4noc(=O)[nH]4)nc(NC(C)C4CCC4)c32)CC1. The lowest BCUT2D eigenvalue weighted by atomic mass is 9.79. The Morgan fingerprint density at radius 1 is 1.02 bits per heavy atom. The summed E-state index contributed by atoms with van der Waals surface area (Å²) in [6, 6.07) is 8.80. The fourth-order valence-corrected chi connectivity index (χ4v) is 6.80. The smallest absolute Gasteiger partial charge is 0.365 e. The average Bonchev–Trinajstić information content (AvgIpc) is 3.64. The van der Waals surface area contributed by atoms with Gasteiger partial charge in [-0.05, 0) is 68.4 Å². The lowest BCUT2D eigenvalue weighted by Gasteiger charge is -2.34. The highest BCUT2D eigenvalue weighted by Gasteiger charge is 2.36. The largest absolute Gasteiger partial charge is 0.439 e. The summed E-state index contributed by atoms with van der Waals surface area (Å²) in [7, 11) is 0. The molecule has 0 spiro atoms. The van der Waals surface area contributed by atoms with Crippen LogP contribution in [0.2, 0.25) is 0 Å². The monoisotopic (exact) mass is 543 g/mol. The minimum atomic E-state index is -0.640. The molecular weight excluding hydrogens is 506 g/mol. The molecule has 40 heavy (non-hydrogen) atoms. The molecule has 1 aliphatic heterocycles. The van der Waals surface area contributed by atoms with E-state index in [0.717, 1.165) is 22.8 Å². The number of rotatable bonds is 7. The van der Waals surface area contributed by atoms with E-state index in [1.54, 1.807) is 0 Å². The fraction of sp³-hybridized carbons (Fsp3) is 0.567. The maximum atomic E-state index is 11.8. The second-order valence-corrected chi connectivity index (χ2v) is 12.1. The van der Waals surface area contributed by atoms with Crippen LogP contribution in [0.3, 0.4) is 0 Å². The quantitative estimate of drug-likeness (QED) is 0.301. The van der Waals surface area contributed by atoms with E-state index in [4.69, 9.17) is 24.2 Å². The molecular formula is C30H37N7O3. The van der Waals surface area contributed by atoms with Crippen LogP contribution in [-0.2, 0) is 11.3 Å². The number of benzene rings is 1. The van der Waals surface area contributed by atoms with Gasteiger partial charge in [0.1, 0.15) is 17.4 Å². The highest BCUT2D eigenvalue weighted by atomic mass is 16.5. The first kappa shape index (κ1) is 25.4. The molecule has 3 unspecified atom stereocenters. The second kappa shape index (κ2) is 10.1. The highest BCUT2D eigenvalue weighted by molar-refractivity contribution is 5.86. The number of nitrogens with one attached hydrogen (secondary N) is 2. The van der Waals surface area contributed by atoms with Gasteiger partial charge in [0, 0.05) is 12.1 Å². The predicted molar refractivity (Wildman–Crippen MR) is 151 cm³/mol. The van der Waals surface area contributed by atoms with Crippen LogP contribution in [0.4, 0.5) is 5.82 Å². The minimum Gasteiger partial charge on any atom is -0.365 e. The molecule has 4 aromatic rings. The van der Waals surface area contributed by atoms with E-state index in [1.165, 1.54) is 50.5 Å². The van der Waals surface area contributed by atoms with Crippen LogP contribution >= 0.6 is 0 Å². The van der Waals surface area contributed by atoms with Gasteiger partial charge in [0.2, 0.25) is 11.6 Å². The van der Waals surface area contributed by atoms with Crippen LogP contribution in [0.5, 0.6) is 0 Å². The third-order valence-electron chi connectivity index (χ3n) is 9.57. The first-order valence-corrected chi connectivity index (χ1v) is 14.8. The summed E-state index contributed by atoms with van der Waals surface area (Å²) in [6.45, 7) is 7.45. The summed E-state index contributed by atoms with van der Waals surface area (Å²) in [5.41, 5.74) is 3.79. The van der Waals surface area contributed by atoms with Gasteiger partial charge >= 0.3 is 5.76 Å². The van der Waals surface area contributed by atoms with Crippen molar-refractivity contribution in [3.05, 3.63) is 51.8 Å². The Balaban J connectivity index is 1.42. The van der Waals surface area contributed by atoms with Crippen molar-refractivity contribution in [3.8, 4) is 11.6 Å². The summed E-state index contributed by atoms with van der Waals surface area (Å²) in [5.74, 6) is 3.28. The molecule has 10 heteroatoms. The van der Waals surface area contributed by atoms with E-state index >= 15 is 0 Å². The third kappa shape index (κ3) is 4.42. The topological polar surface area (TPSA) is 124 Å². The number of nitrogens with zero attached hydrogens (tertiary/aromatic N) is 5. The molecule has 0 radical (unpaired) electrons. The first-order valence-electron chi connectivity index (χ1n) is 14.8. The standard InChI is InChI=1S/C30H37N7O3/c1-16-11-13-20(14-12-16)18(3)37-23-25(31-17(2)19-8-6-9-19)32-27(28-35-30(38)40-36-28)33-26(23)34-29(37)24-22-10-5-4-7-21(22)15-39-24/h4-5,7,10,16-20,24H,6,8-9,11-15H2,1-3H3,(H,31,32,33)(H,35,36,38). The van der Waals surface area contributed by atoms with E-state index in [0.29, 0.717) is 29.9 Å². The molecule has 7 rings (SSSR count). The van der Waals surface area contributed by atoms with Crippen LogP contribution < -0.4 is 11.1 Å². The van der Waals surface area contributed by atoms with E-state index in [1.807, 2.05) is 0 Å². The summed E-state index contributed by atoms with van der Waals surface area (Å²) in [4.78, 5) is 29.3. The average molecular weight is 544 g/mol. The van der Waals surface area contributed by atoms with E-state index < -0.39 is 5.76 Å². The zero-order valence-corrected chi connectivity index (χ0v) is 23.4. The number of fused-ring (bicyclic) bond motifs is 2. The zero-order valence-electron chi connectivity index (χ0n) is 23.4. The summed E-state index contributed by atoms with van der Waals surface area (Å²) in [6.07, 6.45) is 8.24. The molecule has 0 saturated heterocycles. The first-order chi connectivity index (χ1) is 19.5. The van der Waals surface area contributed by atoms with Crippen molar-refractivity contribution in [2.24, 2.45) is 17.8 Å². The number of imidazole rings is 1. The predicted octanol–water partition coefficient (Wildman–Crippen LogP) is 5.78. The number of H-pyrrole nitrogens is 1. The Kier molecular flexibility index (Phi) is 6.45. The molecule has 2 fully saturated rings. The second-order valence-electron chi connectivity index (χ2n) is 12.1. The van der Waals surface area contributed by atoms with Crippen molar-refractivity contribution in [1.29, 1.82) is 0 Å². The van der Waals surface area contributed by atoms with Gasteiger partial charge in [-0.2, -0.15) is 0 Å². The minimum absolute atomic E-state index is 0.185. The molecule has 0 amide bonds. The molecule has 2 aliphatic carbocycles. The molecule has 2 saturated carbocycles. The van der Waals surface area contributed by atoms with E-state index in [-0.39, 0.29) is 29.8 Å². The van der Waals surface area contributed by atoms with Crippen LogP contribution in [0.25, 0.3) is 22.8 Å². The van der Waals surface area contributed by atoms with Crippen molar-refractivity contribution in [2.75, 3.05) is 5.32 Å². The van der Waals surface area contributed by atoms with Gasteiger partial charge in [0.05, 0.1) is 6.61 Å². The number of anilines is 1. The van der Waals surface area contributed by atoms with Gasteiger partial charge in [-0.25, -0.2) is 19.7 Å². The number of aromatic nitrogens is 6. The van der Waals surface area contributed by atoms with Crippen molar-refractivity contribution in [3.63, 3.8) is 0 Å². The van der Waals surface area contributed by atoms with Crippen LogP contribution in [0, 0.1) is 17.8 Å². The maximum absolute atomic E-state index is 11.8. The van der Waals surface area contributed by atoms with Gasteiger partial charge in [0.15, 0.2) is 11.5 Å². The molecule has 1 aromatic carbocycles. The van der Waals surface area contributed by atoms with Gasteiger partial charge < -0.3 is 14.6 Å². The van der Waals surface area contributed by atoms with Crippen LogP contribution in [0.1, 0.15) is 94.8 Å². The highest BCUT2D eigenvalue weighted by Crippen LogP contribution is 2.43. The Labute approximate surface area is 233 Å². The molecule has 2 N–H and O–H groups in total. The summed E-state index contributed by atoms with van der Waals surface area (Å²) in [5, 5.41) is 7.60. The zero-order chi connectivity index (χ0) is 27.4. The Bertz CT molecular complexity index is 1580. The molecule has 10 nitrogen and oxygen atoms in total. The van der Waals surface area contributed by atoms with Gasteiger partial charge in [-0.3, -0.25) is 9.51 Å². The van der Waals surface area contributed by atoms with E-state index in [2.05, 4.69) is 65.1 Å². The number of ether oxygens (including phenoxy) is 1. The molecule has 0 bridgehead atoms. The molecule has 210 valence electrons. The lowest BCUT2D eigenvalue weighted by Crippen LogP contribution is -2.31. The fourth-order valence-electron chi connectivity index (χ4n) is 6.80. The Morgan fingerprint density at radius 2 is 1.82 bits per heavy atom. The number of hydrogen-bond acceptors (Lipinski definition) is 8. The van der Waals surface area contributed by atoms with Crippen LogP contribution in [0.15, 0.2) is 33.6 Å². The maximum Gasteiger partial charge on any atom is 0.439 e.